The van der Waals surface area contributed by atoms with Gasteiger partial charge in [-0.05, 0) is 32.0 Å². The average Bonchev–Trinajstić information content (AvgIpc) is 2.48. The van der Waals surface area contributed by atoms with Crippen molar-refractivity contribution in [1.29, 1.82) is 0 Å². The lowest BCUT2D eigenvalue weighted by Gasteiger charge is -2.46. The van der Waals surface area contributed by atoms with Crippen LogP contribution in [0, 0.1) is 6.92 Å². The van der Waals surface area contributed by atoms with Crippen molar-refractivity contribution in [2.45, 2.75) is 25.5 Å². The Morgan fingerprint density at radius 1 is 1.38 bits per heavy atom. The number of likely N-dealkylation sites (tertiary alicyclic amines) is 1. The predicted octanol–water partition coefficient (Wildman–Crippen LogP) is 1.25. The largest absolute Gasteiger partial charge is 0.507 e. The SMILES string of the molecule is Cc1cccc(C(=O)N2CCO[C@H]3CCN(C)C[C@H]32)c1O. The number of carbonyl (C=O) groups excluding carboxylic acids is 1. The minimum atomic E-state index is -0.0928. The van der Waals surface area contributed by atoms with Crippen molar-refractivity contribution in [3.63, 3.8) is 0 Å². The Morgan fingerprint density at radius 2 is 2.19 bits per heavy atom. The molecule has 0 bridgehead atoms. The number of aromatic hydroxyl groups is 1. The summed E-state index contributed by atoms with van der Waals surface area (Å²) < 4.78 is 5.82. The number of ether oxygens (including phenoxy) is 1. The van der Waals surface area contributed by atoms with E-state index >= 15 is 0 Å². The highest BCUT2D eigenvalue weighted by Gasteiger charge is 2.39. The fraction of sp³-hybridized carbons (Fsp3) is 0.562. The van der Waals surface area contributed by atoms with Crippen molar-refractivity contribution < 1.29 is 14.6 Å². The van der Waals surface area contributed by atoms with Gasteiger partial charge in [-0.15, -0.1) is 0 Å². The molecule has 114 valence electrons. The van der Waals surface area contributed by atoms with Gasteiger partial charge in [0, 0.05) is 19.6 Å². The zero-order valence-corrected chi connectivity index (χ0v) is 12.6. The Labute approximate surface area is 125 Å². The molecule has 2 fully saturated rings. The summed E-state index contributed by atoms with van der Waals surface area (Å²) >= 11 is 0. The first-order chi connectivity index (χ1) is 10.1. The number of likely N-dealkylation sites (N-methyl/N-ethyl adjacent to an activating group) is 1. The third kappa shape index (κ3) is 2.63. The lowest BCUT2D eigenvalue weighted by Crippen LogP contribution is -2.60. The van der Waals surface area contributed by atoms with Crippen molar-refractivity contribution in [1.82, 2.24) is 9.80 Å². The molecule has 2 saturated heterocycles. The fourth-order valence-electron chi connectivity index (χ4n) is 3.27. The fourth-order valence-corrected chi connectivity index (χ4v) is 3.27. The molecule has 21 heavy (non-hydrogen) atoms. The van der Waals surface area contributed by atoms with Crippen LogP contribution in [0.2, 0.25) is 0 Å². The van der Waals surface area contributed by atoms with E-state index in [-0.39, 0.29) is 23.8 Å². The second-order valence-corrected chi connectivity index (χ2v) is 6.00. The van der Waals surface area contributed by atoms with E-state index in [4.69, 9.17) is 4.74 Å². The number of phenolic OH excluding ortho intramolecular Hbond substituents is 1. The minimum absolute atomic E-state index is 0.0740. The molecule has 2 aliphatic rings. The van der Waals surface area contributed by atoms with Crippen molar-refractivity contribution in [3.8, 4) is 5.75 Å². The first-order valence-corrected chi connectivity index (χ1v) is 7.47. The maximum absolute atomic E-state index is 12.8. The highest BCUT2D eigenvalue weighted by molar-refractivity contribution is 5.97. The van der Waals surface area contributed by atoms with Gasteiger partial charge in [-0.25, -0.2) is 0 Å². The summed E-state index contributed by atoms with van der Waals surface area (Å²) in [7, 11) is 2.07. The van der Waals surface area contributed by atoms with Crippen LogP contribution < -0.4 is 0 Å². The molecular formula is C16H22N2O3. The smallest absolute Gasteiger partial charge is 0.258 e. The second kappa shape index (κ2) is 5.66. The van der Waals surface area contributed by atoms with E-state index in [1.807, 2.05) is 24.0 Å². The standard InChI is InChI=1S/C16H22N2O3/c1-11-4-3-5-12(15(11)19)16(20)18-8-9-21-14-6-7-17(2)10-13(14)18/h3-5,13-14,19H,6-10H2,1-2H3/t13-,14+/m1/s1. The third-order valence-corrected chi connectivity index (χ3v) is 4.52. The number of amides is 1. The molecule has 0 radical (unpaired) electrons. The molecule has 2 heterocycles. The number of para-hydroxylation sites is 1. The Balaban J connectivity index is 1.87. The lowest BCUT2D eigenvalue weighted by atomic mass is 9.97. The van der Waals surface area contributed by atoms with Crippen LogP contribution in [-0.4, -0.2) is 66.2 Å². The lowest BCUT2D eigenvalue weighted by molar-refractivity contribution is -0.0870. The summed E-state index contributed by atoms with van der Waals surface area (Å²) in [6.07, 6.45) is 1.07. The summed E-state index contributed by atoms with van der Waals surface area (Å²) in [6.45, 7) is 4.79. The van der Waals surface area contributed by atoms with Crippen molar-refractivity contribution in [2.24, 2.45) is 0 Å². The molecule has 1 N–H and O–H groups in total. The van der Waals surface area contributed by atoms with Gasteiger partial charge in [-0.1, -0.05) is 12.1 Å². The highest BCUT2D eigenvalue weighted by Crippen LogP contribution is 2.28. The zero-order chi connectivity index (χ0) is 15.0. The van der Waals surface area contributed by atoms with Gasteiger partial charge in [0.15, 0.2) is 0 Å². The number of carbonyl (C=O) groups is 1. The number of fused-ring (bicyclic) bond motifs is 1. The van der Waals surface area contributed by atoms with Crippen LogP contribution in [0.5, 0.6) is 5.75 Å². The van der Waals surface area contributed by atoms with E-state index < -0.39 is 0 Å². The van der Waals surface area contributed by atoms with Gasteiger partial charge in [-0.2, -0.15) is 0 Å². The number of piperidine rings is 1. The molecule has 1 aromatic carbocycles. The van der Waals surface area contributed by atoms with Gasteiger partial charge in [-0.3, -0.25) is 4.79 Å². The molecule has 0 unspecified atom stereocenters. The second-order valence-electron chi connectivity index (χ2n) is 6.00. The molecule has 0 aromatic heterocycles. The van der Waals surface area contributed by atoms with Crippen LogP contribution in [0.15, 0.2) is 18.2 Å². The van der Waals surface area contributed by atoms with Crippen LogP contribution in [-0.2, 0) is 4.74 Å². The summed E-state index contributed by atoms with van der Waals surface area (Å²) in [6, 6.07) is 5.39. The summed E-state index contributed by atoms with van der Waals surface area (Å²) in [5.74, 6) is -0.000458. The number of morpholine rings is 1. The maximum atomic E-state index is 12.8. The van der Waals surface area contributed by atoms with Crippen LogP contribution in [0.3, 0.4) is 0 Å². The van der Waals surface area contributed by atoms with Crippen LogP contribution in [0.4, 0.5) is 0 Å². The topological polar surface area (TPSA) is 53.0 Å². The molecule has 3 rings (SSSR count). The quantitative estimate of drug-likeness (QED) is 0.845. The molecule has 1 amide bonds. The van der Waals surface area contributed by atoms with Crippen molar-refractivity contribution in [2.75, 3.05) is 33.3 Å². The van der Waals surface area contributed by atoms with Crippen molar-refractivity contribution in [3.05, 3.63) is 29.3 Å². The van der Waals surface area contributed by atoms with Crippen LogP contribution in [0.25, 0.3) is 0 Å². The Kier molecular flexibility index (Phi) is 3.87. The van der Waals surface area contributed by atoms with Gasteiger partial charge in [0.1, 0.15) is 5.75 Å². The van der Waals surface area contributed by atoms with Crippen LogP contribution >= 0.6 is 0 Å². The van der Waals surface area contributed by atoms with E-state index in [1.54, 1.807) is 6.07 Å². The van der Waals surface area contributed by atoms with E-state index in [1.165, 1.54) is 0 Å². The molecule has 2 aliphatic heterocycles. The monoisotopic (exact) mass is 290 g/mol. The molecule has 0 spiro atoms. The number of rotatable bonds is 1. The van der Waals surface area contributed by atoms with Gasteiger partial charge in [0.25, 0.3) is 5.91 Å². The summed E-state index contributed by atoms with van der Waals surface area (Å²) in [5.41, 5.74) is 1.12. The van der Waals surface area contributed by atoms with E-state index in [9.17, 15) is 9.90 Å². The highest BCUT2D eigenvalue weighted by atomic mass is 16.5. The number of benzene rings is 1. The third-order valence-electron chi connectivity index (χ3n) is 4.52. The maximum Gasteiger partial charge on any atom is 0.258 e. The molecule has 2 atom stereocenters. The number of hydrogen-bond donors (Lipinski definition) is 1. The average molecular weight is 290 g/mol. The summed E-state index contributed by atoms with van der Waals surface area (Å²) in [5, 5.41) is 10.2. The number of nitrogens with zero attached hydrogens (tertiary/aromatic N) is 2. The van der Waals surface area contributed by atoms with Gasteiger partial charge in [0.05, 0.1) is 24.3 Å². The molecule has 5 nitrogen and oxygen atoms in total. The van der Waals surface area contributed by atoms with Crippen LogP contribution in [0.1, 0.15) is 22.3 Å². The summed E-state index contributed by atoms with van der Waals surface area (Å²) in [4.78, 5) is 16.9. The van der Waals surface area contributed by atoms with Gasteiger partial charge < -0.3 is 19.6 Å². The number of phenols is 1. The van der Waals surface area contributed by atoms with E-state index in [2.05, 4.69) is 11.9 Å². The first-order valence-electron chi connectivity index (χ1n) is 7.47. The Morgan fingerprint density at radius 3 is 3.00 bits per heavy atom. The molecule has 0 saturated carbocycles. The molecular weight excluding hydrogens is 268 g/mol. The molecule has 1 aromatic rings. The van der Waals surface area contributed by atoms with E-state index in [0.29, 0.717) is 18.7 Å². The van der Waals surface area contributed by atoms with Gasteiger partial charge in [0.2, 0.25) is 0 Å². The zero-order valence-electron chi connectivity index (χ0n) is 12.6. The number of hydrogen-bond acceptors (Lipinski definition) is 4. The Bertz CT molecular complexity index is 546. The first kappa shape index (κ1) is 14.4. The minimum Gasteiger partial charge on any atom is -0.507 e. The molecule has 5 heteroatoms. The van der Waals surface area contributed by atoms with Gasteiger partial charge >= 0.3 is 0 Å². The molecule has 0 aliphatic carbocycles. The van der Waals surface area contributed by atoms with Crippen molar-refractivity contribution >= 4 is 5.91 Å². The Hall–Kier alpha value is -1.59. The predicted molar refractivity (Wildman–Crippen MR) is 79.5 cm³/mol. The van der Waals surface area contributed by atoms with E-state index in [0.717, 1.165) is 25.1 Å². The normalized spacial score (nSPS) is 26.5. The number of aryl methyl sites for hydroxylation is 1.